The van der Waals surface area contributed by atoms with Crippen LogP contribution in [0.1, 0.15) is 32.1 Å². The second kappa shape index (κ2) is 5.58. The van der Waals surface area contributed by atoms with E-state index < -0.39 is 12.1 Å². The smallest absolute Gasteiger partial charge is 0.295 e. The molecular formula is C11H15F3N4O. The maximum Gasteiger partial charge on any atom is 0.391 e. The number of amides is 1. The third-order valence-corrected chi connectivity index (χ3v) is 3.46. The van der Waals surface area contributed by atoms with Gasteiger partial charge >= 0.3 is 6.18 Å². The van der Waals surface area contributed by atoms with Crippen LogP contribution in [-0.2, 0) is 4.79 Å². The fourth-order valence-corrected chi connectivity index (χ4v) is 2.40. The summed E-state index contributed by atoms with van der Waals surface area (Å²) >= 11 is 0. The SMILES string of the molecule is O=C(CC1CCC(C(F)(F)F)CC1)Nc1ncn[nH]1. The molecule has 0 radical (unpaired) electrons. The van der Waals surface area contributed by atoms with E-state index >= 15 is 0 Å². The molecule has 0 unspecified atom stereocenters. The molecule has 0 aromatic carbocycles. The van der Waals surface area contributed by atoms with Crippen molar-refractivity contribution in [2.75, 3.05) is 5.32 Å². The minimum absolute atomic E-state index is 0.0153. The number of rotatable bonds is 3. The van der Waals surface area contributed by atoms with Crippen molar-refractivity contribution in [3.05, 3.63) is 6.33 Å². The number of hydrogen-bond donors (Lipinski definition) is 2. The van der Waals surface area contributed by atoms with Crippen molar-refractivity contribution in [3.8, 4) is 0 Å². The van der Waals surface area contributed by atoms with E-state index in [1.165, 1.54) is 6.33 Å². The Morgan fingerprint density at radius 2 is 2.05 bits per heavy atom. The highest BCUT2D eigenvalue weighted by molar-refractivity contribution is 5.88. The van der Waals surface area contributed by atoms with Gasteiger partial charge in [0.05, 0.1) is 5.92 Å². The highest BCUT2D eigenvalue weighted by Crippen LogP contribution is 2.40. The third kappa shape index (κ3) is 3.93. The predicted octanol–water partition coefficient (Wildman–Crippen LogP) is 2.50. The molecule has 8 heteroatoms. The first kappa shape index (κ1) is 13.8. The Labute approximate surface area is 108 Å². The lowest BCUT2D eigenvalue weighted by molar-refractivity contribution is -0.183. The zero-order valence-corrected chi connectivity index (χ0v) is 10.2. The Morgan fingerprint density at radius 3 is 2.58 bits per heavy atom. The number of hydrogen-bond acceptors (Lipinski definition) is 3. The van der Waals surface area contributed by atoms with Crippen LogP contribution >= 0.6 is 0 Å². The Morgan fingerprint density at radius 1 is 1.37 bits per heavy atom. The van der Waals surface area contributed by atoms with Crippen LogP contribution in [0.3, 0.4) is 0 Å². The quantitative estimate of drug-likeness (QED) is 0.891. The number of carbonyl (C=O) groups is 1. The molecule has 1 saturated carbocycles. The van der Waals surface area contributed by atoms with Crippen molar-refractivity contribution in [2.24, 2.45) is 11.8 Å². The molecular weight excluding hydrogens is 261 g/mol. The molecule has 1 amide bonds. The minimum atomic E-state index is -4.10. The van der Waals surface area contributed by atoms with E-state index in [4.69, 9.17) is 0 Å². The lowest BCUT2D eigenvalue weighted by Gasteiger charge is -2.29. The highest BCUT2D eigenvalue weighted by Gasteiger charge is 2.41. The van der Waals surface area contributed by atoms with Gasteiger partial charge in [0.15, 0.2) is 0 Å². The van der Waals surface area contributed by atoms with Gasteiger partial charge in [-0.05, 0) is 31.6 Å². The van der Waals surface area contributed by atoms with E-state index in [0.717, 1.165) is 0 Å². The van der Waals surface area contributed by atoms with Crippen molar-refractivity contribution in [1.82, 2.24) is 15.2 Å². The third-order valence-electron chi connectivity index (χ3n) is 3.46. The molecule has 1 aromatic heterocycles. The van der Waals surface area contributed by atoms with E-state index in [9.17, 15) is 18.0 Å². The first-order valence-corrected chi connectivity index (χ1v) is 6.17. The average molecular weight is 276 g/mol. The van der Waals surface area contributed by atoms with Crippen LogP contribution in [0.15, 0.2) is 6.33 Å². The first-order chi connectivity index (χ1) is 8.95. The zero-order chi connectivity index (χ0) is 13.9. The average Bonchev–Trinajstić information content (AvgIpc) is 2.81. The van der Waals surface area contributed by atoms with Crippen LogP contribution in [0.5, 0.6) is 0 Å². The number of halogens is 3. The summed E-state index contributed by atoms with van der Waals surface area (Å²) in [5.41, 5.74) is 0. The molecule has 0 bridgehead atoms. The van der Waals surface area contributed by atoms with Crippen molar-refractivity contribution in [3.63, 3.8) is 0 Å². The van der Waals surface area contributed by atoms with Crippen molar-refractivity contribution in [1.29, 1.82) is 0 Å². The van der Waals surface area contributed by atoms with Gasteiger partial charge in [-0.3, -0.25) is 10.1 Å². The summed E-state index contributed by atoms with van der Waals surface area (Å²) in [5.74, 6) is -1.18. The molecule has 1 heterocycles. The van der Waals surface area contributed by atoms with Gasteiger partial charge in [-0.1, -0.05) is 0 Å². The molecule has 0 spiro atoms. The summed E-state index contributed by atoms with van der Waals surface area (Å²) in [4.78, 5) is 15.4. The van der Waals surface area contributed by atoms with Crippen molar-refractivity contribution in [2.45, 2.75) is 38.3 Å². The topological polar surface area (TPSA) is 70.7 Å². The van der Waals surface area contributed by atoms with E-state index in [0.29, 0.717) is 12.8 Å². The Kier molecular flexibility index (Phi) is 4.06. The molecule has 1 fully saturated rings. The minimum Gasteiger partial charge on any atom is -0.295 e. The van der Waals surface area contributed by atoms with Gasteiger partial charge in [-0.2, -0.15) is 23.3 Å². The number of anilines is 1. The Bertz CT molecular complexity index is 410. The lowest BCUT2D eigenvalue weighted by atomic mass is 9.80. The summed E-state index contributed by atoms with van der Waals surface area (Å²) in [6.07, 6.45) is -1.50. The van der Waals surface area contributed by atoms with Crippen LogP contribution in [0, 0.1) is 11.8 Å². The van der Waals surface area contributed by atoms with Gasteiger partial charge in [0.1, 0.15) is 6.33 Å². The standard InChI is InChI=1S/C11H15F3N4O/c12-11(13,14)8-3-1-7(2-4-8)5-9(19)17-10-15-6-16-18-10/h6-8H,1-5H2,(H2,15,16,17,18,19). The van der Waals surface area contributed by atoms with Crippen molar-refractivity contribution >= 4 is 11.9 Å². The van der Waals surface area contributed by atoms with Gasteiger partial charge in [0.2, 0.25) is 11.9 Å². The van der Waals surface area contributed by atoms with Crippen LogP contribution in [0.4, 0.5) is 19.1 Å². The number of carbonyl (C=O) groups excluding carboxylic acids is 1. The van der Waals surface area contributed by atoms with Crippen LogP contribution in [0.25, 0.3) is 0 Å². The second-order valence-corrected chi connectivity index (χ2v) is 4.85. The summed E-state index contributed by atoms with van der Waals surface area (Å²) in [5, 5.41) is 8.59. The van der Waals surface area contributed by atoms with Gasteiger partial charge < -0.3 is 0 Å². The van der Waals surface area contributed by atoms with Crippen LogP contribution < -0.4 is 5.32 Å². The van der Waals surface area contributed by atoms with Gasteiger partial charge in [0.25, 0.3) is 0 Å². The molecule has 1 aliphatic carbocycles. The fraction of sp³-hybridized carbons (Fsp3) is 0.727. The molecule has 19 heavy (non-hydrogen) atoms. The normalized spacial score (nSPS) is 24.2. The number of aromatic nitrogens is 3. The molecule has 0 atom stereocenters. The Balaban J connectivity index is 1.75. The molecule has 0 saturated heterocycles. The highest BCUT2D eigenvalue weighted by atomic mass is 19.4. The number of alkyl halides is 3. The number of aromatic amines is 1. The summed E-state index contributed by atoms with van der Waals surface area (Å²) < 4.78 is 37.5. The number of nitrogens with one attached hydrogen (secondary N) is 2. The zero-order valence-electron chi connectivity index (χ0n) is 10.2. The lowest BCUT2D eigenvalue weighted by Crippen LogP contribution is -2.29. The number of H-pyrrole nitrogens is 1. The predicted molar refractivity (Wildman–Crippen MR) is 61.1 cm³/mol. The maximum atomic E-state index is 12.5. The van der Waals surface area contributed by atoms with Crippen molar-refractivity contribution < 1.29 is 18.0 Å². The van der Waals surface area contributed by atoms with E-state index in [2.05, 4.69) is 20.5 Å². The molecule has 1 aliphatic rings. The molecule has 5 nitrogen and oxygen atoms in total. The molecule has 1 aromatic rings. The molecule has 106 valence electrons. The number of nitrogens with zero attached hydrogens (tertiary/aromatic N) is 2. The molecule has 0 aliphatic heterocycles. The monoisotopic (exact) mass is 276 g/mol. The largest absolute Gasteiger partial charge is 0.391 e. The molecule has 2 N–H and O–H groups in total. The maximum absolute atomic E-state index is 12.5. The van der Waals surface area contributed by atoms with Crippen LogP contribution in [-0.4, -0.2) is 27.3 Å². The van der Waals surface area contributed by atoms with E-state index in [1.54, 1.807) is 0 Å². The van der Waals surface area contributed by atoms with Crippen LogP contribution in [0.2, 0.25) is 0 Å². The van der Waals surface area contributed by atoms with E-state index in [1.807, 2.05) is 0 Å². The summed E-state index contributed by atoms with van der Waals surface area (Å²) in [6.45, 7) is 0. The Hall–Kier alpha value is -1.60. The molecule has 2 rings (SSSR count). The first-order valence-electron chi connectivity index (χ1n) is 6.17. The van der Waals surface area contributed by atoms with E-state index in [-0.39, 0.29) is 37.0 Å². The van der Waals surface area contributed by atoms with Gasteiger partial charge in [0, 0.05) is 6.42 Å². The van der Waals surface area contributed by atoms with Gasteiger partial charge in [-0.25, -0.2) is 5.10 Å². The van der Waals surface area contributed by atoms with Gasteiger partial charge in [-0.15, -0.1) is 0 Å². The summed E-state index contributed by atoms with van der Waals surface area (Å²) in [6, 6.07) is 0. The summed E-state index contributed by atoms with van der Waals surface area (Å²) in [7, 11) is 0. The fourth-order valence-electron chi connectivity index (χ4n) is 2.40. The second-order valence-electron chi connectivity index (χ2n) is 4.85.